The lowest BCUT2D eigenvalue weighted by atomic mass is 10.0. The first kappa shape index (κ1) is 21.1. The van der Waals surface area contributed by atoms with Crippen LogP contribution in [0.5, 0.6) is 0 Å². The third-order valence-corrected chi connectivity index (χ3v) is 6.46. The van der Waals surface area contributed by atoms with E-state index in [1.165, 1.54) is 17.3 Å². The molecule has 0 unspecified atom stereocenters. The van der Waals surface area contributed by atoms with E-state index in [0.717, 1.165) is 28.2 Å². The molecule has 31 heavy (non-hydrogen) atoms. The van der Waals surface area contributed by atoms with Gasteiger partial charge in [0, 0.05) is 11.3 Å². The van der Waals surface area contributed by atoms with E-state index >= 15 is 0 Å². The molecule has 5 heteroatoms. The predicted octanol–water partition coefficient (Wildman–Crippen LogP) is 6.22. The van der Waals surface area contributed by atoms with Crippen molar-refractivity contribution < 1.29 is 4.79 Å². The second kappa shape index (κ2) is 8.90. The molecule has 0 fully saturated rings. The number of aryl methyl sites for hydroxylation is 4. The van der Waals surface area contributed by atoms with E-state index in [1.807, 2.05) is 73.9 Å². The molecular formula is C26H25N3OS. The molecule has 0 bridgehead atoms. The van der Waals surface area contributed by atoms with Gasteiger partial charge < -0.3 is 0 Å². The van der Waals surface area contributed by atoms with E-state index in [4.69, 9.17) is 0 Å². The number of carbonyl (C=O) groups excluding carboxylic acids is 1. The van der Waals surface area contributed by atoms with Crippen LogP contribution in [0.2, 0.25) is 0 Å². The molecule has 1 heterocycles. The minimum absolute atomic E-state index is 0.0602. The molecule has 0 aliphatic rings. The van der Waals surface area contributed by atoms with Crippen LogP contribution in [-0.2, 0) is 0 Å². The average Bonchev–Trinajstić information content (AvgIpc) is 3.13. The minimum atomic E-state index is -0.420. The Kier molecular flexibility index (Phi) is 6.05. The first-order chi connectivity index (χ1) is 14.9. The standard InChI is InChI=1S/C26H25N3OS/c1-17-5-11-21(12-6-17)24(30)25(22-13-7-18(2)8-14-22)31-26-28-27-20(4)29(26)23-15-9-19(3)10-16-23/h5-16,25H,1-4H3/t25-/m1/s1. The zero-order valence-corrected chi connectivity index (χ0v) is 19.0. The van der Waals surface area contributed by atoms with Crippen LogP contribution < -0.4 is 0 Å². The molecule has 0 amide bonds. The van der Waals surface area contributed by atoms with Crippen molar-refractivity contribution in [3.8, 4) is 5.69 Å². The van der Waals surface area contributed by atoms with Crippen molar-refractivity contribution in [1.29, 1.82) is 0 Å². The van der Waals surface area contributed by atoms with E-state index in [1.54, 1.807) is 0 Å². The Hall–Kier alpha value is -3.18. The van der Waals surface area contributed by atoms with E-state index in [2.05, 4.69) is 41.4 Å². The highest BCUT2D eigenvalue weighted by molar-refractivity contribution is 8.00. The minimum Gasteiger partial charge on any atom is -0.293 e. The van der Waals surface area contributed by atoms with Gasteiger partial charge in [-0.15, -0.1) is 10.2 Å². The summed E-state index contributed by atoms with van der Waals surface area (Å²) in [5, 5.41) is 8.99. The Bertz CT molecular complexity index is 1190. The van der Waals surface area contributed by atoms with Gasteiger partial charge in [0.1, 0.15) is 11.1 Å². The number of Topliss-reactive ketones (excluding diaryl/α,β-unsaturated/α-hetero) is 1. The third-order valence-electron chi connectivity index (χ3n) is 5.26. The topological polar surface area (TPSA) is 47.8 Å². The van der Waals surface area contributed by atoms with Gasteiger partial charge >= 0.3 is 0 Å². The van der Waals surface area contributed by atoms with Crippen LogP contribution in [0.4, 0.5) is 0 Å². The SMILES string of the molecule is Cc1ccc(C(=O)[C@H](Sc2nnc(C)n2-c2ccc(C)cc2)c2ccc(C)cc2)cc1. The number of benzene rings is 3. The number of hydrogen-bond donors (Lipinski definition) is 0. The fourth-order valence-corrected chi connectivity index (χ4v) is 4.58. The van der Waals surface area contributed by atoms with Gasteiger partial charge in [-0.3, -0.25) is 9.36 Å². The van der Waals surface area contributed by atoms with Gasteiger partial charge in [-0.25, -0.2) is 0 Å². The van der Waals surface area contributed by atoms with E-state index in [-0.39, 0.29) is 5.78 Å². The molecule has 4 aromatic rings. The molecule has 0 saturated carbocycles. The monoisotopic (exact) mass is 427 g/mol. The Balaban J connectivity index is 1.75. The van der Waals surface area contributed by atoms with Crippen LogP contribution in [0, 0.1) is 27.7 Å². The quantitative estimate of drug-likeness (QED) is 0.271. The molecule has 4 nitrogen and oxygen atoms in total. The number of nitrogens with zero attached hydrogens (tertiary/aromatic N) is 3. The third kappa shape index (κ3) is 4.62. The fraction of sp³-hybridized carbons (Fsp3) is 0.192. The van der Waals surface area contributed by atoms with Gasteiger partial charge in [0.05, 0.1) is 0 Å². The number of thioether (sulfide) groups is 1. The van der Waals surface area contributed by atoms with Crippen molar-refractivity contribution in [2.45, 2.75) is 38.1 Å². The summed E-state index contributed by atoms with van der Waals surface area (Å²) in [6, 6.07) is 24.1. The molecule has 0 N–H and O–H groups in total. The number of carbonyl (C=O) groups is 1. The summed E-state index contributed by atoms with van der Waals surface area (Å²) in [4.78, 5) is 13.6. The molecule has 3 aromatic carbocycles. The molecule has 0 saturated heterocycles. The van der Waals surface area contributed by atoms with Crippen molar-refractivity contribution in [1.82, 2.24) is 14.8 Å². The van der Waals surface area contributed by atoms with Gasteiger partial charge in [0.25, 0.3) is 0 Å². The van der Waals surface area contributed by atoms with Crippen LogP contribution in [0.25, 0.3) is 5.69 Å². The van der Waals surface area contributed by atoms with Crippen LogP contribution >= 0.6 is 11.8 Å². The summed E-state index contributed by atoms with van der Waals surface area (Å²) in [6.45, 7) is 8.06. The maximum Gasteiger partial charge on any atom is 0.196 e. The average molecular weight is 428 g/mol. The Labute approximate surface area is 187 Å². The fourth-order valence-electron chi connectivity index (χ4n) is 3.40. The van der Waals surface area contributed by atoms with Gasteiger partial charge in [-0.05, 0) is 45.4 Å². The number of hydrogen-bond acceptors (Lipinski definition) is 4. The van der Waals surface area contributed by atoms with E-state index in [9.17, 15) is 4.79 Å². The number of rotatable bonds is 6. The van der Waals surface area contributed by atoms with E-state index in [0.29, 0.717) is 10.7 Å². The maximum atomic E-state index is 13.6. The first-order valence-electron chi connectivity index (χ1n) is 10.3. The summed E-state index contributed by atoms with van der Waals surface area (Å²) in [6.07, 6.45) is 0. The Morgan fingerprint density at radius 3 is 1.84 bits per heavy atom. The molecule has 0 aliphatic heterocycles. The second-order valence-corrected chi connectivity index (χ2v) is 8.91. The first-order valence-corrected chi connectivity index (χ1v) is 11.1. The van der Waals surface area contributed by atoms with Crippen molar-refractivity contribution in [2.75, 3.05) is 0 Å². The zero-order valence-electron chi connectivity index (χ0n) is 18.2. The highest BCUT2D eigenvalue weighted by Crippen LogP contribution is 2.38. The molecule has 1 aromatic heterocycles. The van der Waals surface area contributed by atoms with Crippen molar-refractivity contribution >= 4 is 17.5 Å². The van der Waals surface area contributed by atoms with Crippen molar-refractivity contribution in [3.63, 3.8) is 0 Å². The van der Waals surface area contributed by atoms with Gasteiger partial charge in [0.15, 0.2) is 10.9 Å². The molecule has 0 spiro atoms. The molecule has 0 aliphatic carbocycles. The summed E-state index contributed by atoms with van der Waals surface area (Å²) in [5.74, 6) is 0.849. The normalized spacial score (nSPS) is 12.0. The lowest BCUT2D eigenvalue weighted by Gasteiger charge is -2.17. The molecule has 1 atom stereocenters. The van der Waals surface area contributed by atoms with Crippen LogP contribution in [0.3, 0.4) is 0 Å². The molecule has 0 radical (unpaired) electrons. The molecular weight excluding hydrogens is 402 g/mol. The Morgan fingerprint density at radius 1 is 0.742 bits per heavy atom. The van der Waals surface area contributed by atoms with Gasteiger partial charge in [-0.2, -0.15) is 0 Å². The summed E-state index contributed by atoms with van der Waals surface area (Å²) >= 11 is 1.44. The van der Waals surface area contributed by atoms with Gasteiger partial charge in [0.2, 0.25) is 0 Å². The van der Waals surface area contributed by atoms with Crippen molar-refractivity contribution in [2.24, 2.45) is 0 Å². The largest absolute Gasteiger partial charge is 0.293 e. The highest BCUT2D eigenvalue weighted by Gasteiger charge is 2.26. The molecule has 4 rings (SSSR count). The van der Waals surface area contributed by atoms with E-state index < -0.39 is 5.25 Å². The zero-order chi connectivity index (χ0) is 22.0. The lowest BCUT2D eigenvalue weighted by molar-refractivity contribution is 0.0989. The second-order valence-electron chi connectivity index (χ2n) is 7.84. The van der Waals surface area contributed by atoms with Gasteiger partial charge in [-0.1, -0.05) is 89.1 Å². The highest BCUT2D eigenvalue weighted by atomic mass is 32.2. The number of aromatic nitrogens is 3. The number of ketones is 1. The summed E-state index contributed by atoms with van der Waals surface area (Å²) in [5.41, 5.74) is 6.12. The lowest BCUT2D eigenvalue weighted by Crippen LogP contribution is -2.11. The predicted molar refractivity (Wildman–Crippen MR) is 126 cm³/mol. The Morgan fingerprint density at radius 2 is 1.26 bits per heavy atom. The molecule has 156 valence electrons. The van der Waals surface area contributed by atoms with Crippen LogP contribution in [-0.4, -0.2) is 20.5 Å². The maximum absolute atomic E-state index is 13.6. The van der Waals surface area contributed by atoms with Crippen LogP contribution in [0.15, 0.2) is 78.0 Å². The summed E-state index contributed by atoms with van der Waals surface area (Å²) in [7, 11) is 0. The van der Waals surface area contributed by atoms with Crippen molar-refractivity contribution in [3.05, 3.63) is 106 Å². The van der Waals surface area contributed by atoms with Crippen LogP contribution in [0.1, 0.15) is 43.7 Å². The smallest absolute Gasteiger partial charge is 0.196 e. The summed E-state index contributed by atoms with van der Waals surface area (Å²) < 4.78 is 2.01.